The SMILES string of the molecule is NC(=S)C1CCN(CC(=O)NCC2CC2)CC1. The second-order valence-corrected chi connectivity index (χ2v) is 5.67. The summed E-state index contributed by atoms with van der Waals surface area (Å²) in [6.45, 7) is 3.25. The lowest BCUT2D eigenvalue weighted by Crippen LogP contribution is -2.43. The zero-order chi connectivity index (χ0) is 12.3. The third-order valence-corrected chi connectivity index (χ3v) is 3.98. The van der Waals surface area contributed by atoms with Crippen LogP contribution in [0.15, 0.2) is 0 Å². The van der Waals surface area contributed by atoms with Gasteiger partial charge in [-0.05, 0) is 44.7 Å². The minimum absolute atomic E-state index is 0.158. The lowest BCUT2D eigenvalue weighted by Gasteiger charge is -2.30. The van der Waals surface area contributed by atoms with Crippen molar-refractivity contribution in [1.82, 2.24) is 10.2 Å². The molecule has 0 unspecified atom stereocenters. The number of likely N-dealkylation sites (tertiary alicyclic amines) is 1. The molecule has 1 amide bonds. The molecule has 1 heterocycles. The van der Waals surface area contributed by atoms with Crippen molar-refractivity contribution >= 4 is 23.1 Å². The summed E-state index contributed by atoms with van der Waals surface area (Å²) in [4.78, 5) is 14.5. The number of thiocarbonyl (C=S) groups is 1. The van der Waals surface area contributed by atoms with Gasteiger partial charge in [0.1, 0.15) is 0 Å². The first-order valence-corrected chi connectivity index (χ1v) is 6.84. The van der Waals surface area contributed by atoms with E-state index >= 15 is 0 Å². The number of carbonyl (C=O) groups excluding carboxylic acids is 1. The summed E-state index contributed by atoms with van der Waals surface area (Å²) in [5.41, 5.74) is 5.64. The Labute approximate surface area is 108 Å². The number of nitrogens with zero attached hydrogens (tertiary/aromatic N) is 1. The van der Waals surface area contributed by atoms with Crippen molar-refractivity contribution in [3.63, 3.8) is 0 Å². The van der Waals surface area contributed by atoms with Crippen LogP contribution in [0.2, 0.25) is 0 Å². The van der Waals surface area contributed by atoms with E-state index in [-0.39, 0.29) is 5.91 Å². The van der Waals surface area contributed by atoms with Gasteiger partial charge in [-0.3, -0.25) is 9.69 Å². The molecule has 0 aromatic carbocycles. The number of hydrogen-bond acceptors (Lipinski definition) is 3. The molecule has 1 aliphatic carbocycles. The van der Waals surface area contributed by atoms with Crippen molar-refractivity contribution in [2.45, 2.75) is 25.7 Å². The normalized spacial score (nSPS) is 22.4. The first-order chi connectivity index (χ1) is 8.15. The van der Waals surface area contributed by atoms with Crippen LogP contribution in [0.4, 0.5) is 0 Å². The fourth-order valence-corrected chi connectivity index (χ4v) is 2.45. The number of piperidine rings is 1. The third kappa shape index (κ3) is 4.24. The van der Waals surface area contributed by atoms with Gasteiger partial charge in [0, 0.05) is 12.5 Å². The molecule has 1 saturated heterocycles. The van der Waals surface area contributed by atoms with E-state index in [2.05, 4.69) is 10.2 Å². The van der Waals surface area contributed by atoms with Gasteiger partial charge in [-0.1, -0.05) is 12.2 Å². The molecule has 1 saturated carbocycles. The van der Waals surface area contributed by atoms with E-state index < -0.39 is 0 Å². The summed E-state index contributed by atoms with van der Waals surface area (Å²) in [7, 11) is 0. The lowest BCUT2D eigenvalue weighted by atomic mass is 9.97. The maximum absolute atomic E-state index is 11.7. The van der Waals surface area contributed by atoms with Crippen LogP contribution in [0, 0.1) is 11.8 Å². The Morgan fingerprint density at radius 1 is 1.29 bits per heavy atom. The van der Waals surface area contributed by atoms with Crippen LogP contribution in [0.3, 0.4) is 0 Å². The molecule has 4 nitrogen and oxygen atoms in total. The Hall–Kier alpha value is -0.680. The van der Waals surface area contributed by atoms with E-state index in [1.807, 2.05) is 0 Å². The molecule has 96 valence electrons. The van der Waals surface area contributed by atoms with Crippen molar-refractivity contribution in [2.24, 2.45) is 17.6 Å². The van der Waals surface area contributed by atoms with Crippen LogP contribution in [0.5, 0.6) is 0 Å². The smallest absolute Gasteiger partial charge is 0.234 e. The topological polar surface area (TPSA) is 58.4 Å². The van der Waals surface area contributed by atoms with Crippen LogP contribution in [0.25, 0.3) is 0 Å². The summed E-state index contributed by atoms with van der Waals surface area (Å²) in [6.07, 6.45) is 4.54. The summed E-state index contributed by atoms with van der Waals surface area (Å²) in [5.74, 6) is 1.28. The summed E-state index contributed by atoms with van der Waals surface area (Å²) in [5, 5.41) is 2.99. The molecule has 0 aromatic rings. The zero-order valence-electron chi connectivity index (χ0n) is 10.2. The first-order valence-electron chi connectivity index (χ1n) is 6.43. The molecule has 17 heavy (non-hydrogen) atoms. The van der Waals surface area contributed by atoms with Gasteiger partial charge in [0.2, 0.25) is 5.91 Å². The monoisotopic (exact) mass is 255 g/mol. The van der Waals surface area contributed by atoms with Gasteiger partial charge in [0.05, 0.1) is 11.5 Å². The number of nitrogens with two attached hydrogens (primary N) is 1. The van der Waals surface area contributed by atoms with E-state index in [1.165, 1.54) is 12.8 Å². The first kappa shape index (κ1) is 12.8. The molecule has 5 heteroatoms. The number of amides is 1. The molecular formula is C12H21N3OS. The molecule has 0 aromatic heterocycles. The number of nitrogens with one attached hydrogen (secondary N) is 1. The molecule has 1 aliphatic heterocycles. The molecule has 2 aliphatic rings. The van der Waals surface area contributed by atoms with Crippen molar-refractivity contribution in [2.75, 3.05) is 26.2 Å². The van der Waals surface area contributed by atoms with Gasteiger partial charge in [-0.2, -0.15) is 0 Å². The zero-order valence-corrected chi connectivity index (χ0v) is 11.0. The fraction of sp³-hybridized carbons (Fsp3) is 0.833. The minimum atomic E-state index is 0.158. The molecule has 2 fully saturated rings. The Morgan fingerprint density at radius 3 is 2.47 bits per heavy atom. The highest BCUT2D eigenvalue weighted by Crippen LogP contribution is 2.27. The van der Waals surface area contributed by atoms with Gasteiger partial charge in [-0.15, -0.1) is 0 Å². The number of rotatable bonds is 5. The maximum atomic E-state index is 11.7. The van der Waals surface area contributed by atoms with E-state index in [4.69, 9.17) is 18.0 Å². The Balaban J connectivity index is 1.62. The quantitative estimate of drug-likeness (QED) is 0.703. The molecule has 0 radical (unpaired) electrons. The minimum Gasteiger partial charge on any atom is -0.393 e. The van der Waals surface area contributed by atoms with Gasteiger partial charge in [0.15, 0.2) is 0 Å². The van der Waals surface area contributed by atoms with Crippen LogP contribution in [-0.2, 0) is 4.79 Å². The Bertz CT molecular complexity index is 296. The van der Waals surface area contributed by atoms with Crippen molar-refractivity contribution in [3.05, 3.63) is 0 Å². The molecule has 3 N–H and O–H groups in total. The number of hydrogen-bond donors (Lipinski definition) is 2. The molecule has 0 bridgehead atoms. The van der Waals surface area contributed by atoms with E-state index in [1.54, 1.807) is 0 Å². The van der Waals surface area contributed by atoms with Gasteiger partial charge >= 0.3 is 0 Å². The van der Waals surface area contributed by atoms with Crippen molar-refractivity contribution in [3.8, 4) is 0 Å². The lowest BCUT2D eigenvalue weighted by molar-refractivity contribution is -0.122. The third-order valence-electron chi connectivity index (χ3n) is 3.64. The Morgan fingerprint density at radius 2 is 1.94 bits per heavy atom. The fourth-order valence-electron chi connectivity index (χ4n) is 2.21. The maximum Gasteiger partial charge on any atom is 0.234 e. The van der Waals surface area contributed by atoms with Crippen LogP contribution in [0.1, 0.15) is 25.7 Å². The molecule has 0 atom stereocenters. The van der Waals surface area contributed by atoms with Crippen LogP contribution in [-0.4, -0.2) is 42.0 Å². The summed E-state index contributed by atoms with van der Waals surface area (Å²) in [6, 6.07) is 0. The van der Waals surface area contributed by atoms with Crippen LogP contribution < -0.4 is 11.1 Å². The summed E-state index contributed by atoms with van der Waals surface area (Å²) < 4.78 is 0. The standard InChI is InChI=1S/C12H21N3OS/c13-12(17)10-3-5-15(6-4-10)8-11(16)14-7-9-1-2-9/h9-10H,1-8H2,(H2,13,17)(H,14,16). The number of carbonyl (C=O) groups is 1. The highest BCUT2D eigenvalue weighted by Gasteiger charge is 2.24. The van der Waals surface area contributed by atoms with Crippen molar-refractivity contribution < 1.29 is 4.79 Å². The van der Waals surface area contributed by atoms with Gasteiger partial charge in [-0.25, -0.2) is 0 Å². The van der Waals surface area contributed by atoms with Gasteiger partial charge in [0.25, 0.3) is 0 Å². The summed E-state index contributed by atoms with van der Waals surface area (Å²) >= 11 is 5.00. The van der Waals surface area contributed by atoms with Crippen LogP contribution >= 0.6 is 12.2 Å². The van der Waals surface area contributed by atoms with E-state index in [0.717, 1.165) is 38.4 Å². The highest BCUT2D eigenvalue weighted by atomic mass is 32.1. The molecule has 2 rings (SSSR count). The van der Waals surface area contributed by atoms with E-state index in [0.29, 0.717) is 17.5 Å². The van der Waals surface area contributed by atoms with Gasteiger partial charge < -0.3 is 11.1 Å². The molecular weight excluding hydrogens is 234 g/mol. The Kier molecular flexibility index (Phi) is 4.34. The second-order valence-electron chi connectivity index (χ2n) is 5.20. The predicted octanol–water partition coefficient (Wildman–Crippen LogP) is 0.511. The average molecular weight is 255 g/mol. The average Bonchev–Trinajstić information content (AvgIpc) is 3.11. The van der Waals surface area contributed by atoms with Crippen molar-refractivity contribution in [1.29, 1.82) is 0 Å². The largest absolute Gasteiger partial charge is 0.393 e. The van der Waals surface area contributed by atoms with E-state index in [9.17, 15) is 4.79 Å². The predicted molar refractivity (Wildman–Crippen MR) is 71.7 cm³/mol. The molecule has 0 spiro atoms. The second kappa shape index (κ2) is 5.78. The highest BCUT2D eigenvalue weighted by molar-refractivity contribution is 7.80.